The summed E-state index contributed by atoms with van der Waals surface area (Å²) in [6.07, 6.45) is 2.73. The van der Waals surface area contributed by atoms with Crippen LogP contribution in [0.1, 0.15) is 5.56 Å². The largest absolute Gasteiger partial charge is 0.478 e. The number of nitrogens with zero attached hydrogens (tertiary/aromatic N) is 1. The molecule has 1 fully saturated rings. The topological polar surface area (TPSA) is 57.6 Å². The summed E-state index contributed by atoms with van der Waals surface area (Å²) in [6, 6.07) is 5.73. The molecule has 1 N–H and O–H groups in total. The highest BCUT2D eigenvalue weighted by Crippen LogP contribution is 2.27. The van der Waals surface area contributed by atoms with E-state index >= 15 is 0 Å². The van der Waals surface area contributed by atoms with Crippen LogP contribution in [-0.2, 0) is 15.6 Å². The van der Waals surface area contributed by atoms with E-state index in [0.29, 0.717) is 11.5 Å². The second-order valence-electron chi connectivity index (χ2n) is 4.21. The molecule has 0 amide bonds. The zero-order valence-electron chi connectivity index (χ0n) is 10.2. The number of halogens is 1. The predicted octanol–water partition coefficient (Wildman–Crippen LogP) is 2.12. The van der Waals surface area contributed by atoms with Gasteiger partial charge in [0.25, 0.3) is 0 Å². The highest BCUT2D eigenvalue weighted by atomic mass is 79.9. The summed E-state index contributed by atoms with van der Waals surface area (Å²) < 4.78 is 12.3. The van der Waals surface area contributed by atoms with Crippen LogP contribution in [0.15, 0.2) is 28.7 Å². The maximum atomic E-state index is 11.4. The highest BCUT2D eigenvalue weighted by molar-refractivity contribution is 9.10. The van der Waals surface area contributed by atoms with Gasteiger partial charge in [-0.3, -0.25) is 4.21 Å². The molecule has 4 nitrogen and oxygen atoms in total. The summed E-state index contributed by atoms with van der Waals surface area (Å²) in [4.78, 5) is 12.8. The maximum Gasteiger partial charge on any atom is 0.328 e. The van der Waals surface area contributed by atoms with Gasteiger partial charge in [-0.15, -0.1) is 0 Å². The molecule has 1 aliphatic rings. The van der Waals surface area contributed by atoms with Gasteiger partial charge in [-0.1, -0.05) is 22.0 Å². The molecule has 0 aliphatic carbocycles. The average molecular weight is 344 g/mol. The fraction of sp³-hybridized carbons (Fsp3) is 0.308. The van der Waals surface area contributed by atoms with E-state index in [2.05, 4.69) is 20.8 Å². The van der Waals surface area contributed by atoms with Gasteiger partial charge < -0.3 is 10.0 Å². The fourth-order valence-electron chi connectivity index (χ4n) is 1.97. The van der Waals surface area contributed by atoms with Crippen LogP contribution >= 0.6 is 15.9 Å². The van der Waals surface area contributed by atoms with Gasteiger partial charge in [-0.2, -0.15) is 0 Å². The molecular weight excluding hydrogens is 330 g/mol. The Morgan fingerprint density at radius 1 is 1.37 bits per heavy atom. The summed E-state index contributed by atoms with van der Waals surface area (Å²) in [5, 5.41) is 8.72. The maximum absolute atomic E-state index is 11.4. The van der Waals surface area contributed by atoms with Crippen molar-refractivity contribution in [3.63, 3.8) is 0 Å². The van der Waals surface area contributed by atoms with Crippen LogP contribution in [0.2, 0.25) is 0 Å². The van der Waals surface area contributed by atoms with Crippen molar-refractivity contribution < 1.29 is 14.1 Å². The first-order valence-electron chi connectivity index (χ1n) is 5.87. The molecule has 102 valence electrons. The molecule has 1 aromatic carbocycles. The van der Waals surface area contributed by atoms with Gasteiger partial charge in [0.05, 0.1) is 0 Å². The number of rotatable bonds is 3. The number of benzene rings is 1. The minimum absolute atomic E-state index is 0.661. The Morgan fingerprint density at radius 2 is 2.05 bits per heavy atom. The number of anilines is 1. The Kier molecular flexibility index (Phi) is 4.76. The van der Waals surface area contributed by atoms with Crippen LogP contribution in [0.25, 0.3) is 6.08 Å². The zero-order valence-corrected chi connectivity index (χ0v) is 12.6. The van der Waals surface area contributed by atoms with Crippen molar-refractivity contribution >= 4 is 44.5 Å². The van der Waals surface area contributed by atoms with E-state index in [1.165, 1.54) is 0 Å². The standard InChI is InChI=1S/C13H14BrNO3S/c14-11-3-1-10(2-4-13(16)17)12(9-11)15-5-7-19(18)8-6-15/h1-4,9H,5-8H2,(H,16,17). The molecule has 0 aromatic heterocycles. The molecule has 0 spiro atoms. The fourth-order valence-corrected chi connectivity index (χ4v) is 3.37. The molecule has 6 heteroatoms. The Balaban J connectivity index is 2.29. The van der Waals surface area contributed by atoms with E-state index in [9.17, 15) is 9.00 Å². The third kappa shape index (κ3) is 3.91. The summed E-state index contributed by atoms with van der Waals surface area (Å²) >= 11 is 3.43. The monoisotopic (exact) mass is 343 g/mol. The van der Waals surface area contributed by atoms with Gasteiger partial charge in [0.15, 0.2) is 0 Å². The van der Waals surface area contributed by atoms with Crippen LogP contribution in [-0.4, -0.2) is 39.9 Å². The summed E-state index contributed by atoms with van der Waals surface area (Å²) in [5.41, 5.74) is 1.84. The highest BCUT2D eigenvalue weighted by Gasteiger charge is 2.17. The Hall–Kier alpha value is -1.14. The van der Waals surface area contributed by atoms with Crippen LogP contribution < -0.4 is 4.90 Å². The average Bonchev–Trinajstić information content (AvgIpc) is 2.38. The van der Waals surface area contributed by atoms with E-state index < -0.39 is 16.8 Å². The smallest absolute Gasteiger partial charge is 0.328 e. The van der Waals surface area contributed by atoms with Gasteiger partial charge in [-0.05, 0) is 23.8 Å². The van der Waals surface area contributed by atoms with E-state index in [-0.39, 0.29) is 0 Å². The molecule has 0 bridgehead atoms. The number of carboxylic acid groups (broad SMARTS) is 1. The minimum atomic E-state index is -0.964. The van der Waals surface area contributed by atoms with Gasteiger partial charge in [0.2, 0.25) is 0 Å². The number of hydrogen-bond acceptors (Lipinski definition) is 3. The Morgan fingerprint density at radius 3 is 2.68 bits per heavy atom. The van der Waals surface area contributed by atoms with Gasteiger partial charge in [0.1, 0.15) is 0 Å². The molecule has 1 saturated heterocycles. The summed E-state index contributed by atoms with van der Waals surface area (Å²) in [6.45, 7) is 1.47. The molecule has 1 aromatic rings. The van der Waals surface area contributed by atoms with E-state index in [1.807, 2.05) is 18.2 Å². The molecule has 0 unspecified atom stereocenters. The predicted molar refractivity (Wildman–Crippen MR) is 80.9 cm³/mol. The summed E-state index contributed by atoms with van der Waals surface area (Å²) in [7, 11) is -0.723. The molecule has 0 saturated carbocycles. The second kappa shape index (κ2) is 6.34. The minimum Gasteiger partial charge on any atom is -0.478 e. The quantitative estimate of drug-likeness (QED) is 0.854. The third-order valence-corrected chi connectivity index (χ3v) is 4.69. The lowest BCUT2D eigenvalue weighted by Crippen LogP contribution is -2.38. The lowest BCUT2D eigenvalue weighted by atomic mass is 10.1. The summed E-state index contributed by atoms with van der Waals surface area (Å²) in [5.74, 6) is 0.358. The van der Waals surface area contributed by atoms with Crippen molar-refractivity contribution in [2.75, 3.05) is 29.5 Å². The molecule has 0 radical (unpaired) electrons. The molecule has 19 heavy (non-hydrogen) atoms. The number of hydrogen-bond donors (Lipinski definition) is 1. The van der Waals surface area contributed by atoms with E-state index in [0.717, 1.165) is 34.9 Å². The molecule has 2 rings (SSSR count). The van der Waals surface area contributed by atoms with Crippen molar-refractivity contribution in [3.05, 3.63) is 34.3 Å². The van der Waals surface area contributed by atoms with Crippen molar-refractivity contribution in [2.24, 2.45) is 0 Å². The molecule has 1 aliphatic heterocycles. The SMILES string of the molecule is O=C(O)C=Cc1ccc(Br)cc1N1CCS(=O)CC1. The lowest BCUT2D eigenvalue weighted by Gasteiger charge is -2.30. The zero-order chi connectivity index (χ0) is 13.8. The van der Waals surface area contributed by atoms with Gasteiger partial charge in [-0.25, -0.2) is 4.79 Å². The van der Waals surface area contributed by atoms with Crippen molar-refractivity contribution in [1.82, 2.24) is 0 Å². The lowest BCUT2D eigenvalue weighted by molar-refractivity contribution is -0.131. The van der Waals surface area contributed by atoms with Crippen molar-refractivity contribution in [3.8, 4) is 0 Å². The first-order chi connectivity index (χ1) is 9.06. The normalized spacial score (nSPS) is 17.0. The molecular formula is C13H14BrNO3S. The second-order valence-corrected chi connectivity index (χ2v) is 6.82. The van der Waals surface area contributed by atoms with E-state index in [1.54, 1.807) is 6.08 Å². The number of aliphatic carboxylic acids is 1. The van der Waals surface area contributed by atoms with Gasteiger partial charge >= 0.3 is 5.97 Å². The van der Waals surface area contributed by atoms with Gasteiger partial charge in [0, 0.05) is 51.6 Å². The van der Waals surface area contributed by atoms with Crippen LogP contribution in [0, 0.1) is 0 Å². The molecule has 0 atom stereocenters. The molecule has 1 heterocycles. The van der Waals surface area contributed by atoms with Crippen LogP contribution in [0.3, 0.4) is 0 Å². The van der Waals surface area contributed by atoms with Crippen LogP contribution in [0.5, 0.6) is 0 Å². The van der Waals surface area contributed by atoms with Crippen molar-refractivity contribution in [2.45, 2.75) is 0 Å². The van der Waals surface area contributed by atoms with E-state index in [4.69, 9.17) is 5.11 Å². The third-order valence-electron chi connectivity index (χ3n) is 2.92. The number of carboxylic acids is 1. The van der Waals surface area contributed by atoms with Crippen LogP contribution in [0.4, 0.5) is 5.69 Å². The Bertz CT molecular complexity index is 535. The Labute approximate surface area is 122 Å². The van der Waals surface area contributed by atoms with Crippen molar-refractivity contribution in [1.29, 1.82) is 0 Å². The first-order valence-corrected chi connectivity index (χ1v) is 8.15. The first kappa shape index (κ1) is 14.3. The number of carbonyl (C=O) groups is 1.